The normalized spacial score (nSPS) is 10.9. The molecule has 6 heteroatoms. The molecule has 0 aliphatic heterocycles. The molecule has 3 rings (SSSR count). The van der Waals surface area contributed by atoms with Crippen LogP contribution in [0.4, 0.5) is 0 Å². The number of ether oxygens (including phenoxy) is 2. The molecule has 140 valence electrons. The minimum atomic E-state index is -0.939. The van der Waals surface area contributed by atoms with Gasteiger partial charge in [0.25, 0.3) is 0 Å². The van der Waals surface area contributed by atoms with Gasteiger partial charge >= 0.3 is 5.97 Å². The van der Waals surface area contributed by atoms with E-state index >= 15 is 0 Å². The van der Waals surface area contributed by atoms with Crippen molar-refractivity contribution in [3.63, 3.8) is 0 Å². The maximum Gasteiger partial charge on any atom is 0.306 e. The minimum absolute atomic E-state index is 0.0403. The number of benzene rings is 2. The van der Waals surface area contributed by atoms with Crippen LogP contribution in [0.25, 0.3) is 11.0 Å². The van der Waals surface area contributed by atoms with Crippen molar-refractivity contribution in [1.82, 2.24) is 0 Å². The van der Waals surface area contributed by atoms with Crippen LogP contribution >= 0.6 is 0 Å². The Morgan fingerprint density at radius 1 is 1.11 bits per heavy atom. The third-order valence-electron chi connectivity index (χ3n) is 4.07. The van der Waals surface area contributed by atoms with Gasteiger partial charge in [-0.05, 0) is 35.7 Å². The number of carboxylic acid groups (broad SMARTS) is 1. The SMILES string of the molecule is CC(C)c1ccc(Oc2coc3cc(OCCC(=O)O)ccc3c2=O)cc1. The predicted molar refractivity (Wildman–Crippen MR) is 101 cm³/mol. The molecule has 0 unspecified atom stereocenters. The molecule has 0 fully saturated rings. The fraction of sp³-hybridized carbons (Fsp3) is 0.238. The number of aliphatic carboxylic acids is 1. The molecule has 27 heavy (non-hydrogen) atoms. The highest BCUT2D eigenvalue weighted by molar-refractivity contribution is 5.79. The van der Waals surface area contributed by atoms with Gasteiger partial charge in [0, 0.05) is 6.07 Å². The van der Waals surface area contributed by atoms with Gasteiger partial charge in [-0.15, -0.1) is 0 Å². The van der Waals surface area contributed by atoms with Gasteiger partial charge in [0.15, 0.2) is 0 Å². The summed E-state index contributed by atoms with van der Waals surface area (Å²) in [4.78, 5) is 23.2. The van der Waals surface area contributed by atoms with Crippen molar-refractivity contribution in [2.45, 2.75) is 26.2 Å². The first-order valence-corrected chi connectivity index (χ1v) is 8.62. The maximum atomic E-state index is 12.6. The van der Waals surface area contributed by atoms with Gasteiger partial charge < -0.3 is 19.0 Å². The zero-order chi connectivity index (χ0) is 19.4. The molecule has 6 nitrogen and oxygen atoms in total. The zero-order valence-electron chi connectivity index (χ0n) is 15.1. The zero-order valence-corrected chi connectivity index (χ0v) is 15.1. The lowest BCUT2D eigenvalue weighted by Gasteiger charge is -2.09. The largest absolute Gasteiger partial charge is 0.493 e. The van der Waals surface area contributed by atoms with Gasteiger partial charge in [0.1, 0.15) is 23.3 Å². The number of rotatable bonds is 7. The molecule has 2 aromatic carbocycles. The first-order valence-electron chi connectivity index (χ1n) is 8.62. The Morgan fingerprint density at radius 3 is 2.48 bits per heavy atom. The summed E-state index contributed by atoms with van der Waals surface area (Å²) in [5, 5.41) is 9.00. The van der Waals surface area contributed by atoms with Crippen molar-refractivity contribution >= 4 is 16.9 Å². The molecule has 3 aromatic rings. The molecular formula is C21H20O6. The molecule has 1 heterocycles. The Kier molecular flexibility index (Phi) is 5.45. The Bertz CT molecular complexity index is 1000. The van der Waals surface area contributed by atoms with Crippen molar-refractivity contribution in [1.29, 1.82) is 0 Å². The quantitative estimate of drug-likeness (QED) is 0.658. The van der Waals surface area contributed by atoms with E-state index in [0.717, 1.165) is 0 Å². The Balaban J connectivity index is 1.80. The first-order chi connectivity index (χ1) is 12.9. The van der Waals surface area contributed by atoms with E-state index in [-0.39, 0.29) is 24.2 Å². The molecule has 0 radical (unpaired) electrons. The van der Waals surface area contributed by atoms with Crippen LogP contribution in [0.3, 0.4) is 0 Å². The van der Waals surface area contributed by atoms with Crippen LogP contribution in [0.15, 0.2) is 57.9 Å². The summed E-state index contributed by atoms with van der Waals surface area (Å²) in [7, 11) is 0. The standard InChI is InChI=1S/C21H20O6/c1-13(2)14-3-5-15(6-4-14)27-19-12-26-18-11-16(25-10-9-20(22)23)7-8-17(18)21(19)24/h3-8,11-13H,9-10H2,1-2H3,(H,22,23). The van der Waals surface area contributed by atoms with Crippen molar-refractivity contribution in [2.75, 3.05) is 6.61 Å². The molecule has 0 aliphatic carbocycles. The Morgan fingerprint density at radius 2 is 1.81 bits per heavy atom. The smallest absolute Gasteiger partial charge is 0.306 e. The van der Waals surface area contributed by atoms with Gasteiger partial charge in [0.05, 0.1) is 18.4 Å². The summed E-state index contributed by atoms with van der Waals surface area (Å²) in [6.45, 7) is 4.25. The molecule has 0 atom stereocenters. The second-order valence-corrected chi connectivity index (χ2v) is 6.41. The molecular weight excluding hydrogens is 348 g/mol. The van der Waals surface area contributed by atoms with E-state index in [1.54, 1.807) is 18.2 Å². The molecule has 0 bridgehead atoms. The van der Waals surface area contributed by atoms with E-state index in [1.807, 2.05) is 24.3 Å². The lowest BCUT2D eigenvalue weighted by molar-refractivity contribution is -0.137. The van der Waals surface area contributed by atoms with E-state index in [1.165, 1.54) is 11.8 Å². The summed E-state index contributed by atoms with van der Waals surface area (Å²) in [5.41, 5.74) is 1.24. The van der Waals surface area contributed by atoms with Gasteiger partial charge in [-0.1, -0.05) is 26.0 Å². The van der Waals surface area contributed by atoms with Crippen LogP contribution in [0.5, 0.6) is 17.2 Å². The van der Waals surface area contributed by atoms with Crippen LogP contribution in [0.1, 0.15) is 31.7 Å². The van der Waals surface area contributed by atoms with Crippen LogP contribution in [0, 0.1) is 0 Å². The fourth-order valence-electron chi connectivity index (χ4n) is 2.56. The van der Waals surface area contributed by atoms with Crippen LogP contribution < -0.4 is 14.9 Å². The number of hydrogen-bond acceptors (Lipinski definition) is 5. The average molecular weight is 368 g/mol. The van der Waals surface area contributed by atoms with Crippen molar-refractivity contribution in [3.05, 3.63) is 64.5 Å². The van der Waals surface area contributed by atoms with Gasteiger partial charge in [-0.3, -0.25) is 9.59 Å². The third-order valence-corrected chi connectivity index (χ3v) is 4.07. The summed E-state index contributed by atoms with van der Waals surface area (Å²) in [5.74, 6) is 0.561. The van der Waals surface area contributed by atoms with Gasteiger partial charge in [-0.25, -0.2) is 0 Å². The fourth-order valence-corrected chi connectivity index (χ4v) is 2.56. The topological polar surface area (TPSA) is 86.0 Å². The lowest BCUT2D eigenvalue weighted by atomic mass is 10.0. The molecule has 0 aliphatic rings. The monoisotopic (exact) mass is 368 g/mol. The van der Waals surface area contributed by atoms with Crippen LogP contribution in [-0.4, -0.2) is 17.7 Å². The van der Waals surface area contributed by atoms with Crippen molar-refractivity contribution in [2.24, 2.45) is 0 Å². The van der Waals surface area contributed by atoms with Crippen LogP contribution in [-0.2, 0) is 4.79 Å². The number of carboxylic acids is 1. The Hall–Kier alpha value is -3.28. The van der Waals surface area contributed by atoms with E-state index in [2.05, 4.69) is 13.8 Å². The van der Waals surface area contributed by atoms with E-state index in [4.69, 9.17) is 19.0 Å². The maximum absolute atomic E-state index is 12.6. The second-order valence-electron chi connectivity index (χ2n) is 6.41. The molecule has 0 amide bonds. The predicted octanol–water partition coefficient (Wildman–Crippen LogP) is 4.56. The van der Waals surface area contributed by atoms with Crippen molar-refractivity contribution < 1.29 is 23.8 Å². The van der Waals surface area contributed by atoms with Gasteiger partial charge in [0.2, 0.25) is 11.2 Å². The highest BCUT2D eigenvalue weighted by Crippen LogP contribution is 2.25. The molecule has 1 N–H and O–H groups in total. The average Bonchev–Trinajstić information content (AvgIpc) is 2.64. The first kappa shape index (κ1) is 18.5. The highest BCUT2D eigenvalue weighted by Gasteiger charge is 2.11. The number of hydrogen-bond donors (Lipinski definition) is 1. The van der Waals surface area contributed by atoms with Crippen molar-refractivity contribution in [3.8, 4) is 17.2 Å². The van der Waals surface area contributed by atoms with E-state index in [9.17, 15) is 9.59 Å². The molecule has 0 saturated heterocycles. The minimum Gasteiger partial charge on any atom is -0.493 e. The number of fused-ring (bicyclic) bond motifs is 1. The Labute approximate surface area is 156 Å². The van der Waals surface area contributed by atoms with E-state index in [0.29, 0.717) is 28.4 Å². The summed E-state index contributed by atoms with van der Waals surface area (Å²) < 4.78 is 16.5. The van der Waals surface area contributed by atoms with E-state index < -0.39 is 5.97 Å². The summed E-state index contributed by atoms with van der Waals surface area (Å²) >= 11 is 0. The summed E-state index contributed by atoms with van der Waals surface area (Å²) in [6, 6.07) is 12.3. The molecule has 1 aromatic heterocycles. The number of carbonyl (C=O) groups is 1. The van der Waals surface area contributed by atoms with Crippen LogP contribution in [0.2, 0.25) is 0 Å². The highest BCUT2D eigenvalue weighted by atomic mass is 16.5. The molecule has 0 saturated carbocycles. The summed E-state index contributed by atoms with van der Waals surface area (Å²) in [6.07, 6.45) is 1.16. The third kappa shape index (κ3) is 4.47. The second kappa shape index (κ2) is 7.95. The van der Waals surface area contributed by atoms with Gasteiger partial charge in [-0.2, -0.15) is 0 Å². The lowest BCUT2D eigenvalue weighted by Crippen LogP contribution is -2.06. The molecule has 0 spiro atoms.